The predicted octanol–water partition coefficient (Wildman–Crippen LogP) is 3.35. The molecule has 1 atom stereocenters. The smallest absolute Gasteiger partial charge is 0.274 e. The van der Waals surface area contributed by atoms with Crippen molar-refractivity contribution in [1.29, 1.82) is 0 Å². The SMILES string of the molecule is CCC1Cc2ccccc2CN1C(=O)c1ccc(=O)n(-c2ccccc2F)n1. The number of rotatable bonds is 3. The van der Waals surface area contributed by atoms with Gasteiger partial charge in [-0.15, -0.1) is 0 Å². The van der Waals surface area contributed by atoms with Gasteiger partial charge in [0.05, 0.1) is 0 Å². The fourth-order valence-corrected chi connectivity index (χ4v) is 3.66. The zero-order chi connectivity index (χ0) is 19.7. The molecule has 1 amide bonds. The summed E-state index contributed by atoms with van der Waals surface area (Å²) in [6, 6.07) is 16.7. The number of aromatic nitrogens is 2. The zero-order valence-corrected chi connectivity index (χ0v) is 15.5. The van der Waals surface area contributed by atoms with E-state index in [4.69, 9.17) is 0 Å². The molecule has 1 aliphatic heterocycles. The Hall–Kier alpha value is -3.28. The monoisotopic (exact) mass is 377 g/mol. The first kappa shape index (κ1) is 18.1. The molecule has 0 radical (unpaired) electrons. The van der Waals surface area contributed by atoms with Crippen LogP contribution in [0.1, 0.15) is 35.0 Å². The van der Waals surface area contributed by atoms with Crippen LogP contribution in [-0.2, 0) is 13.0 Å². The van der Waals surface area contributed by atoms with Crippen LogP contribution >= 0.6 is 0 Å². The first-order chi connectivity index (χ1) is 13.6. The quantitative estimate of drug-likeness (QED) is 0.703. The minimum Gasteiger partial charge on any atom is -0.330 e. The van der Waals surface area contributed by atoms with Crippen LogP contribution in [0.2, 0.25) is 0 Å². The van der Waals surface area contributed by atoms with E-state index >= 15 is 0 Å². The van der Waals surface area contributed by atoms with Crippen LogP contribution in [-0.4, -0.2) is 26.6 Å². The molecule has 0 saturated carbocycles. The normalized spacial score (nSPS) is 15.9. The van der Waals surface area contributed by atoms with Gasteiger partial charge in [-0.3, -0.25) is 9.59 Å². The Kier molecular flexibility index (Phi) is 4.77. The number of amides is 1. The Morgan fingerprint density at radius 1 is 1.07 bits per heavy atom. The second-order valence-corrected chi connectivity index (χ2v) is 6.89. The summed E-state index contributed by atoms with van der Waals surface area (Å²) in [6.45, 7) is 2.54. The summed E-state index contributed by atoms with van der Waals surface area (Å²) in [5, 5.41) is 4.18. The largest absolute Gasteiger partial charge is 0.330 e. The lowest BCUT2D eigenvalue weighted by molar-refractivity contribution is 0.0626. The number of hydrogen-bond acceptors (Lipinski definition) is 3. The molecule has 1 unspecified atom stereocenters. The van der Waals surface area contributed by atoms with E-state index in [9.17, 15) is 14.0 Å². The van der Waals surface area contributed by atoms with Gasteiger partial charge in [-0.05, 0) is 42.2 Å². The van der Waals surface area contributed by atoms with E-state index in [2.05, 4.69) is 11.2 Å². The lowest BCUT2D eigenvalue weighted by atomic mass is 9.92. The van der Waals surface area contributed by atoms with E-state index in [0.29, 0.717) is 6.54 Å². The fourth-order valence-electron chi connectivity index (χ4n) is 3.66. The Bertz CT molecular complexity index is 1090. The van der Waals surface area contributed by atoms with Crippen LogP contribution in [0, 0.1) is 5.82 Å². The van der Waals surface area contributed by atoms with Crippen molar-refractivity contribution in [2.75, 3.05) is 0 Å². The topological polar surface area (TPSA) is 55.2 Å². The molecule has 5 nitrogen and oxygen atoms in total. The Balaban J connectivity index is 1.71. The van der Waals surface area contributed by atoms with E-state index < -0.39 is 11.4 Å². The fraction of sp³-hybridized carbons (Fsp3) is 0.227. The Morgan fingerprint density at radius 2 is 1.79 bits per heavy atom. The van der Waals surface area contributed by atoms with Crippen LogP contribution < -0.4 is 5.56 Å². The molecule has 142 valence electrons. The van der Waals surface area contributed by atoms with Gasteiger partial charge in [0.25, 0.3) is 11.5 Å². The van der Waals surface area contributed by atoms with E-state index in [-0.39, 0.29) is 23.3 Å². The maximum Gasteiger partial charge on any atom is 0.274 e. The molecule has 0 spiro atoms. The third-order valence-electron chi connectivity index (χ3n) is 5.19. The van der Waals surface area contributed by atoms with E-state index in [0.717, 1.165) is 23.1 Å². The number of carbonyl (C=O) groups is 1. The summed E-state index contributed by atoms with van der Waals surface area (Å²) in [4.78, 5) is 27.2. The van der Waals surface area contributed by atoms with Crippen LogP contribution in [0.4, 0.5) is 4.39 Å². The molecule has 0 bridgehead atoms. The van der Waals surface area contributed by atoms with Gasteiger partial charge in [0.2, 0.25) is 0 Å². The van der Waals surface area contributed by atoms with Crippen LogP contribution in [0.15, 0.2) is 65.5 Å². The zero-order valence-electron chi connectivity index (χ0n) is 15.5. The molecule has 2 heterocycles. The van der Waals surface area contributed by atoms with Crippen molar-refractivity contribution >= 4 is 5.91 Å². The highest BCUT2D eigenvalue weighted by molar-refractivity contribution is 5.92. The first-order valence-corrected chi connectivity index (χ1v) is 9.31. The molecule has 0 saturated heterocycles. The summed E-state index contributed by atoms with van der Waals surface area (Å²) < 4.78 is 15.1. The maximum atomic E-state index is 14.1. The van der Waals surface area contributed by atoms with Gasteiger partial charge in [0.15, 0.2) is 0 Å². The molecule has 1 aromatic heterocycles. The summed E-state index contributed by atoms with van der Waals surface area (Å²) in [5.74, 6) is -0.827. The molecule has 0 N–H and O–H groups in total. The number of hydrogen-bond donors (Lipinski definition) is 0. The highest BCUT2D eigenvalue weighted by atomic mass is 19.1. The third-order valence-corrected chi connectivity index (χ3v) is 5.19. The van der Waals surface area contributed by atoms with E-state index in [1.165, 1.54) is 35.9 Å². The molecule has 28 heavy (non-hydrogen) atoms. The minimum atomic E-state index is -0.569. The average Bonchev–Trinajstić information content (AvgIpc) is 2.73. The Morgan fingerprint density at radius 3 is 2.54 bits per heavy atom. The van der Waals surface area contributed by atoms with Gasteiger partial charge in [0, 0.05) is 18.7 Å². The summed E-state index contributed by atoms with van der Waals surface area (Å²) in [6.07, 6.45) is 1.60. The molecule has 3 aromatic rings. The van der Waals surface area contributed by atoms with Gasteiger partial charge >= 0.3 is 0 Å². The number of halogens is 1. The van der Waals surface area contributed by atoms with Crippen molar-refractivity contribution in [2.24, 2.45) is 0 Å². The number of carbonyl (C=O) groups excluding carboxylic acids is 1. The van der Waals surface area contributed by atoms with E-state index in [1.807, 2.05) is 25.1 Å². The minimum absolute atomic E-state index is 0.0261. The van der Waals surface area contributed by atoms with Gasteiger partial charge < -0.3 is 4.90 Å². The standard InChI is InChI=1S/C22H20FN3O2/c1-2-17-13-15-7-3-4-8-16(15)14-25(17)22(28)19-11-12-21(27)26(24-19)20-10-6-5-9-18(20)23/h3-12,17H,2,13-14H2,1H3. The van der Waals surface area contributed by atoms with Crippen LogP contribution in [0.3, 0.4) is 0 Å². The maximum absolute atomic E-state index is 14.1. The van der Waals surface area contributed by atoms with Crippen LogP contribution in [0.5, 0.6) is 0 Å². The second-order valence-electron chi connectivity index (χ2n) is 6.89. The molecule has 4 rings (SSSR count). The van der Waals surface area contributed by atoms with Crippen molar-refractivity contribution < 1.29 is 9.18 Å². The molecule has 2 aromatic carbocycles. The molecule has 1 aliphatic rings. The number of nitrogens with zero attached hydrogens (tertiary/aromatic N) is 3. The van der Waals surface area contributed by atoms with Crippen molar-refractivity contribution in [3.05, 3.63) is 93.7 Å². The average molecular weight is 377 g/mol. The Labute approximate surface area is 162 Å². The summed E-state index contributed by atoms with van der Waals surface area (Å²) in [5.41, 5.74) is 2.03. The first-order valence-electron chi connectivity index (χ1n) is 9.31. The lowest BCUT2D eigenvalue weighted by Crippen LogP contribution is -2.44. The van der Waals surface area contributed by atoms with Crippen molar-refractivity contribution in [1.82, 2.24) is 14.7 Å². The highest BCUT2D eigenvalue weighted by Gasteiger charge is 2.30. The van der Waals surface area contributed by atoms with Crippen LogP contribution in [0.25, 0.3) is 5.69 Å². The molecule has 0 aliphatic carbocycles. The van der Waals surface area contributed by atoms with Gasteiger partial charge in [-0.1, -0.05) is 43.3 Å². The van der Waals surface area contributed by atoms with Gasteiger partial charge in [-0.2, -0.15) is 9.78 Å². The van der Waals surface area contributed by atoms with Gasteiger partial charge in [0.1, 0.15) is 17.2 Å². The predicted molar refractivity (Wildman–Crippen MR) is 104 cm³/mol. The van der Waals surface area contributed by atoms with E-state index in [1.54, 1.807) is 11.0 Å². The highest BCUT2D eigenvalue weighted by Crippen LogP contribution is 2.26. The molecule has 6 heteroatoms. The number of para-hydroxylation sites is 1. The van der Waals surface area contributed by atoms with Gasteiger partial charge in [-0.25, -0.2) is 4.39 Å². The number of benzene rings is 2. The summed E-state index contributed by atoms with van der Waals surface area (Å²) in [7, 11) is 0. The lowest BCUT2D eigenvalue weighted by Gasteiger charge is -2.36. The molecular weight excluding hydrogens is 357 g/mol. The van der Waals surface area contributed by atoms with Crippen molar-refractivity contribution in [3.8, 4) is 5.69 Å². The molecule has 0 fully saturated rings. The second kappa shape index (κ2) is 7.38. The van der Waals surface area contributed by atoms with Crippen molar-refractivity contribution in [2.45, 2.75) is 32.4 Å². The number of fused-ring (bicyclic) bond motifs is 1. The summed E-state index contributed by atoms with van der Waals surface area (Å²) >= 11 is 0. The van der Waals surface area contributed by atoms with Crippen molar-refractivity contribution in [3.63, 3.8) is 0 Å². The third kappa shape index (κ3) is 3.22. The molecular formula is C22H20FN3O2.